The zero-order valence-electron chi connectivity index (χ0n) is 18.3. The average molecular weight is 428 g/mol. The van der Waals surface area contributed by atoms with Gasteiger partial charge in [0.2, 0.25) is 0 Å². The summed E-state index contributed by atoms with van der Waals surface area (Å²) in [5.74, 6) is 0. The summed E-state index contributed by atoms with van der Waals surface area (Å²) in [7, 11) is 0. The highest BCUT2D eigenvalue weighted by Crippen LogP contribution is 2.14. The van der Waals surface area contributed by atoms with Crippen LogP contribution in [0.5, 0.6) is 0 Å². The molecule has 0 fully saturated rings. The van der Waals surface area contributed by atoms with Crippen molar-refractivity contribution in [1.82, 2.24) is 15.0 Å². The summed E-state index contributed by atoms with van der Waals surface area (Å²) in [6, 6.07) is 24.5. The molecule has 5 rings (SSSR count). The predicted molar refractivity (Wildman–Crippen MR) is 132 cm³/mol. The molecule has 3 aromatic heterocycles. The minimum Gasteiger partial charge on any atom is -0.260 e. The summed E-state index contributed by atoms with van der Waals surface area (Å²) >= 11 is 5.55. The summed E-state index contributed by atoms with van der Waals surface area (Å²) in [6.45, 7) is 8.11. The lowest BCUT2D eigenvalue weighted by Crippen LogP contribution is -1.82. The van der Waals surface area contributed by atoms with E-state index >= 15 is 0 Å². The second-order valence-electron chi connectivity index (χ2n) is 7.47. The Kier molecular flexibility index (Phi) is 7.69. The predicted octanol–water partition coefficient (Wildman–Crippen LogP) is 7.44. The molecule has 0 saturated heterocycles. The minimum absolute atomic E-state index is 0.690. The molecule has 0 saturated carbocycles. The van der Waals surface area contributed by atoms with E-state index in [1.54, 1.807) is 6.20 Å². The van der Waals surface area contributed by atoms with Gasteiger partial charge in [-0.1, -0.05) is 47.5 Å². The first kappa shape index (κ1) is 22.4. The molecule has 5 aromatic rings. The zero-order chi connectivity index (χ0) is 22.2. The molecule has 0 N–H and O–H groups in total. The van der Waals surface area contributed by atoms with Gasteiger partial charge in [-0.25, -0.2) is 0 Å². The van der Waals surface area contributed by atoms with Crippen LogP contribution in [-0.4, -0.2) is 15.0 Å². The van der Waals surface area contributed by atoms with E-state index in [4.69, 9.17) is 11.6 Å². The third kappa shape index (κ3) is 6.87. The number of pyridine rings is 3. The lowest BCUT2D eigenvalue weighted by atomic mass is 10.1. The van der Waals surface area contributed by atoms with E-state index in [-0.39, 0.29) is 0 Å². The van der Waals surface area contributed by atoms with Crippen molar-refractivity contribution in [1.29, 1.82) is 0 Å². The third-order valence-corrected chi connectivity index (χ3v) is 4.84. The van der Waals surface area contributed by atoms with E-state index in [0.717, 1.165) is 22.4 Å². The Labute approximate surface area is 188 Å². The number of hydrogen-bond acceptors (Lipinski definition) is 3. The van der Waals surface area contributed by atoms with Crippen LogP contribution in [-0.2, 0) is 0 Å². The van der Waals surface area contributed by atoms with Gasteiger partial charge in [-0.15, -0.1) is 0 Å². The molecule has 4 heteroatoms. The molecule has 0 aliphatic rings. The SMILES string of the molecule is Cc1ccc(Cl)cn1.Cc1ccc2cccnc2c1.Cc1ccc2nc(C)ccc2c1. The number of benzene rings is 2. The fourth-order valence-electron chi connectivity index (χ4n) is 2.97. The molecule has 0 aliphatic heterocycles. The maximum Gasteiger partial charge on any atom is 0.0705 e. The van der Waals surface area contributed by atoms with Gasteiger partial charge < -0.3 is 0 Å². The van der Waals surface area contributed by atoms with E-state index in [9.17, 15) is 0 Å². The molecular weight excluding hydrogens is 402 g/mol. The van der Waals surface area contributed by atoms with Crippen LogP contribution in [0.25, 0.3) is 21.8 Å². The number of halogens is 1. The summed E-state index contributed by atoms with van der Waals surface area (Å²) in [5.41, 5.74) is 6.78. The van der Waals surface area contributed by atoms with Crippen molar-refractivity contribution >= 4 is 33.4 Å². The third-order valence-electron chi connectivity index (χ3n) is 4.62. The van der Waals surface area contributed by atoms with Crippen LogP contribution in [0.3, 0.4) is 0 Å². The minimum atomic E-state index is 0.690. The quantitative estimate of drug-likeness (QED) is 0.258. The molecule has 0 unspecified atom stereocenters. The normalized spacial score (nSPS) is 10.1. The first-order valence-electron chi connectivity index (χ1n) is 10.1. The summed E-state index contributed by atoms with van der Waals surface area (Å²) in [5, 5.41) is 3.12. The molecule has 31 heavy (non-hydrogen) atoms. The van der Waals surface area contributed by atoms with Crippen LogP contribution in [0.4, 0.5) is 0 Å². The standard InChI is InChI=1S/C11H11N.C10H9N.C6H6ClN/c1-8-3-6-11-10(7-8)5-4-9(2)12-11;1-8-4-5-9-3-2-6-11-10(9)7-8;1-5-2-3-6(7)4-8-5/h3-7H,1-2H3;2-7H,1H3;2-4H,1H3. The van der Waals surface area contributed by atoms with Crippen LogP contribution in [0.15, 0.2) is 85.2 Å². The molecule has 0 amide bonds. The molecule has 0 aliphatic carbocycles. The Hall–Kier alpha value is -3.30. The highest BCUT2D eigenvalue weighted by molar-refractivity contribution is 6.30. The van der Waals surface area contributed by atoms with E-state index in [1.165, 1.54) is 21.9 Å². The second-order valence-corrected chi connectivity index (χ2v) is 7.90. The fraction of sp³-hybridized carbons (Fsp3) is 0.148. The van der Waals surface area contributed by atoms with Gasteiger partial charge in [0.25, 0.3) is 0 Å². The monoisotopic (exact) mass is 427 g/mol. The van der Waals surface area contributed by atoms with Gasteiger partial charge in [0.15, 0.2) is 0 Å². The van der Waals surface area contributed by atoms with Crippen molar-refractivity contribution in [2.24, 2.45) is 0 Å². The smallest absolute Gasteiger partial charge is 0.0705 e. The second kappa shape index (κ2) is 10.6. The largest absolute Gasteiger partial charge is 0.260 e. The molecular formula is C27H26ClN3. The van der Waals surface area contributed by atoms with Gasteiger partial charge in [-0.05, 0) is 75.7 Å². The Morgan fingerprint density at radius 1 is 0.613 bits per heavy atom. The summed E-state index contributed by atoms with van der Waals surface area (Å²) in [4.78, 5) is 12.6. The number of aromatic nitrogens is 3. The van der Waals surface area contributed by atoms with Crippen LogP contribution >= 0.6 is 11.6 Å². The molecule has 0 spiro atoms. The van der Waals surface area contributed by atoms with E-state index in [0.29, 0.717) is 5.02 Å². The maximum absolute atomic E-state index is 5.55. The van der Waals surface area contributed by atoms with Gasteiger partial charge in [-0.3, -0.25) is 15.0 Å². The van der Waals surface area contributed by atoms with Gasteiger partial charge in [0, 0.05) is 34.6 Å². The van der Waals surface area contributed by atoms with Crippen molar-refractivity contribution in [3.05, 3.63) is 113 Å². The molecule has 0 radical (unpaired) electrons. The van der Waals surface area contributed by atoms with E-state index < -0.39 is 0 Å². The molecule has 0 bridgehead atoms. The summed E-state index contributed by atoms with van der Waals surface area (Å²) in [6.07, 6.45) is 3.46. The number of fused-ring (bicyclic) bond motifs is 2. The Balaban J connectivity index is 0.000000135. The summed E-state index contributed by atoms with van der Waals surface area (Å²) < 4.78 is 0. The topological polar surface area (TPSA) is 38.7 Å². The highest BCUT2D eigenvalue weighted by atomic mass is 35.5. The van der Waals surface area contributed by atoms with Gasteiger partial charge in [0.1, 0.15) is 0 Å². The molecule has 3 heterocycles. The Morgan fingerprint density at radius 2 is 1.32 bits per heavy atom. The molecule has 156 valence electrons. The van der Waals surface area contributed by atoms with Crippen LogP contribution in [0.2, 0.25) is 5.02 Å². The lowest BCUT2D eigenvalue weighted by molar-refractivity contribution is 1.20. The number of hydrogen-bond donors (Lipinski definition) is 0. The van der Waals surface area contributed by atoms with Crippen LogP contribution in [0, 0.1) is 27.7 Å². The van der Waals surface area contributed by atoms with Crippen molar-refractivity contribution in [2.45, 2.75) is 27.7 Å². The van der Waals surface area contributed by atoms with Crippen LogP contribution < -0.4 is 0 Å². The zero-order valence-corrected chi connectivity index (χ0v) is 19.1. The lowest BCUT2D eigenvalue weighted by Gasteiger charge is -1.99. The Bertz CT molecular complexity index is 1220. The molecule has 0 atom stereocenters. The van der Waals surface area contributed by atoms with Gasteiger partial charge in [0.05, 0.1) is 16.1 Å². The van der Waals surface area contributed by atoms with Crippen molar-refractivity contribution < 1.29 is 0 Å². The number of aryl methyl sites for hydroxylation is 4. The first-order valence-corrected chi connectivity index (χ1v) is 10.5. The van der Waals surface area contributed by atoms with Crippen LogP contribution in [0.1, 0.15) is 22.5 Å². The first-order chi connectivity index (χ1) is 14.9. The maximum atomic E-state index is 5.55. The number of nitrogens with zero attached hydrogens (tertiary/aromatic N) is 3. The molecule has 2 aromatic carbocycles. The van der Waals surface area contributed by atoms with Gasteiger partial charge in [-0.2, -0.15) is 0 Å². The van der Waals surface area contributed by atoms with E-state index in [2.05, 4.69) is 77.3 Å². The fourth-order valence-corrected chi connectivity index (χ4v) is 3.08. The average Bonchev–Trinajstić information content (AvgIpc) is 2.77. The van der Waals surface area contributed by atoms with Gasteiger partial charge >= 0.3 is 0 Å². The number of rotatable bonds is 0. The molecule has 3 nitrogen and oxygen atoms in total. The van der Waals surface area contributed by atoms with Crippen molar-refractivity contribution in [3.63, 3.8) is 0 Å². The highest BCUT2D eigenvalue weighted by Gasteiger charge is 1.94. The van der Waals surface area contributed by atoms with E-state index in [1.807, 2.05) is 44.3 Å². The Morgan fingerprint density at radius 3 is 2.06 bits per heavy atom. The van der Waals surface area contributed by atoms with Crippen molar-refractivity contribution in [2.75, 3.05) is 0 Å². The van der Waals surface area contributed by atoms with Crippen molar-refractivity contribution in [3.8, 4) is 0 Å².